The van der Waals surface area contributed by atoms with Crippen LogP contribution in [-0.2, 0) is 6.42 Å². The van der Waals surface area contributed by atoms with Crippen LogP contribution in [0.25, 0.3) is 0 Å². The molecule has 2 aromatic rings. The van der Waals surface area contributed by atoms with E-state index in [2.05, 4.69) is 36.2 Å². The third-order valence-electron chi connectivity index (χ3n) is 3.17. The molecule has 2 heterocycles. The number of rotatable bonds is 6. The minimum atomic E-state index is 0.0719. The molecule has 0 radical (unpaired) electrons. The zero-order valence-electron chi connectivity index (χ0n) is 11.9. The molecule has 2 rings (SSSR count). The van der Waals surface area contributed by atoms with Crippen molar-refractivity contribution in [3.8, 4) is 0 Å². The van der Waals surface area contributed by atoms with Gasteiger partial charge in [0.15, 0.2) is 5.82 Å². The normalized spacial score (nSPS) is 14.5. The Balaban J connectivity index is 2.05. The van der Waals surface area contributed by atoms with Gasteiger partial charge in [-0.15, -0.1) is 0 Å². The van der Waals surface area contributed by atoms with Gasteiger partial charge in [0.2, 0.25) is 5.89 Å². The number of hydrogen-bond donors (Lipinski definition) is 1. The van der Waals surface area contributed by atoms with E-state index in [1.165, 1.54) is 0 Å². The van der Waals surface area contributed by atoms with E-state index in [9.17, 15) is 0 Å². The van der Waals surface area contributed by atoms with E-state index in [-0.39, 0.29) is 12.1 Å². The smallest absolute Gasteiger partial charge is 0.223 e. The Labute approximate surface area is 113 Å². The van der Waals surface area contributed by atoms with Crippen molar-refractivity contribution >= 4 is 0 Å². The van der Waals surface area contributed by atoms with E-state index < -0.39 is 0 Å². The SMILES string of the molecule is CCc1ccc([C@@H](C)N[C@@H](CC)c2noc(C)n2)o1. The van der Waals surface area contributed by atoms with Gasteiger partial charge in [0, 0.05) is 13.3 Å². The van der Waals surface area contributed by atoms with Crippen molar-refractivity contribution in [2.45, 2.75) is 52.6 Å². The molecular formula is C14H21N3O2. The Morgan fingerprint density at radius 2 is 2.11 bits per heavy atom. The van der Waals surface area contributed by atoms with Gasteiger partial charge in [-0.2, -0.15) is 4.98 Å². The lowest BCUT2D eigenvalue weighted by Gasteiger charge is -2.18. The summed E-state index contributed by atoms with van der Waals surface area (Å²) in [6.45, 7) is 8.05. The minimum absolute atomic E-state index is 0.0719. The van der Waals surface area contributed by atoms with Gasteiger partial charge in [0.1, 0.15) is 11.5 Å². The summed E-state index contributed by atoms with van der Waals surface area (Å²) in [6.07, 6.45) is 1.80. The summed E-state index contributed by atoms with van der Waals surface area (Å²) in [6, 6.07) is 4.23. The van der Waals surface area contributed by atoms with E-state index in [4.69, 9.17) is 8.94 Å². The quantitative estimate of drug-likeness (QED) is 0.866. The van der Waals surface area contributed by atoms with Crippen LogP contribution in [0.15, 0.2) is 21.1 Å². The molecule has 2 aromatic heterocycles. The summed E-state index contributed by atoms with van der Waals surface area (Å²) in [4.78, 5) is 4.28. The van der Waals surface area contributed by atoms with E-state index >= 15 is 0 Å². The second-order valence-electron chi connectivity index (χ2n) is 4.68. The van der Waals surface area contributed by atoms with Gasteiger partial charge < -0.3 is 8.94 Å². The standard InChI is InChI=1S/C14H21N3O2/c1-5-11-7-8-13(18-11)9(3)15-12(6-2)14-16-10(4)19-17-14/h7-9,12,15H,5-6H2,1-4H3/t9-,12+/m1/s1. The summed E-state index contributed by atoms with van der Waals surface area (Å²) >= 11 is 0. The molecule has 0 saturated heterocycles. The van der Waals surface area contributed by atoms with Crippen LogP contribution in [0.1, 0.15) is 62.5 Å². The van der Waals surface area contributed by atoms with Gasteiger partial charge in [-0.25, -0.2) is 0 Å². The summed E-state index contributed by atoms with van der Waals surface area (Å²) in [5.41, 5.74) is 0. The molecule has 0 spiro atoms. The Hall–Kier alpha value is -1.62. The molecule has 0 amide bonds. The first-order valence-corrected chi connectivity index (χ1v) is 6.78. The number of aromatic nitrogens is 2. The lowest BCUT2D eigenvalue weighted by molar-refractivity contribution is 0.347. The third kappa shape index (κ3) is 3.23. The largest absolute Gasteiger partial charge is 0.464 e. The zero-order valence-corrected chi connectivity index (χ0v) is 11.9. The number of nitrogens with zero attached hydrogens (tertiary/aromatic N) is 2. The third-order valence-corrected chi connectivity index (χ3v) is 3.17. The van der Waals surface area contributed by atoms with Gasteiger partial charge in [-0.1, -0.05) is 19.0 Å². The fraction of sp³-hybridized carbons (Fsp3) is 0.571. The van der Waals surface area contributed by atoms with Crippen LogP contribution in [0.5, 0.6) is 0 Å². The van der Waals surface area contributed by atoms with Crippen LogP contribution in [-0.4, -0.2) is 10.1 Å². The lowest BCUT2D eigenvalue weighted by atomic mass is 10.1. The molecule has 0 fully saturated rings. The summed E-state index contributed by atoms with van der Waals surface area (Å²) in [5.74, 6) is 3.24. The molecule has 0 aliphatic carbocycles. The molecule has 0 aliphatic rings. The van der Waals surface area contributed by atoms with Gasteiger partial charge in [-0.05, 0) is 25.5 Å². The van der Waals surface area contributed by atoms with Crippen molar-refractivity contribution in [3.63, 3.8) is 0 Å². The molecule has 0 unspecified atom stereocenters. The average Bonchev–Trinajstić information content (AvgIpc) is 3.04. The highest BCUT2D eigenvalue weighted by atomic mass is 16.5. The summed E-state index contributed by atoms with van der Waals surface area (Å²) in [7, 11) is 0. The maximum atomic E-state index is 5.75. The van der Waals surface area contributed by atoms with E-state index in [0.29, 0.717) is 11.7 Å². The average molecular weight is 263 g/mol. The Morgan fingerprint density at radius 3 is 2.63 bits per heavy atom. The molecule has 0 aromatic carbocycles. The van der Waals surface area contributed by atoms with Crippen molar-refractivity contribution in [1.82, 2.24) is 15.5 Å². The molecule has 0 bridgehead atoms. The second kappa shape index (κ2) is 6.02. The molecule has 5 nitrogen and oxygen atoms in total. The van der Waals surface area contributed by atoms with Crippen molar-refractivity contribution in [1.29, 1.82) is 0 Å². The van der Waals surface area contributed by atoms with Gasteiger partial charge in [0.05, 0.1) is 12.1 Å². The number of nitrogens with one attached hydrogen (secondary N) is 1. The molecule has 19 heavy (non-hydrogen) atoms. The van der Waals surface area contributed by atoms with Gasteiger partial charge in [-0.3, -0.25) is 5.32 Å². The van der Waals surface area contributed by atoms with Crippen LogP contribution in [0, 0.1) is 6.92 Å². The molecule has 0 saturated carbocycles. The fourth-order valence-electron chi connectivity index (χ4n) is 2.03. The fourth-order valence-corrected chi connectivity index (χ4v) is 2.03. The van der Waals surface area contributed by atoms with Crippen molar-refractivity contribution < 1.29 is 8.94 Å². The number of aryl methyl sites for hydroxylation is 2. The van der Waals surface area contributed by atoms with Crippen LogP contribution >= 0.6 is 0 Å². The predicted octanol–water partition coefficient (Wildman–Crippen LogP) is 3.34. The van der Waals surface area contributed by atoms with Crippen LogP contribution in [0.3, 0.4) is 0 Å². The van der Waals surface area contributed by atoms with Crippen molar-refractivity contribution in [2.75, 3.05) is 0 Å². The van der Waals surface area contributed by atoms with Gasteiger partial charge in [0.25, 0.3) is 0 Å². The minimum Gasteiger partial charge on any atom is -0.464 e. The van der Waals surface area contributed by atoms with Crippen LogP contribution < -0.4 is 5.32 Å². The van der Waals surface area contributed by atoms with E-state index in [1.807, 2.05) is 12.1 Å². The molecule has 104 valence electrons. The molecule has 5 heteroatoms. The van der Waals surface area contributed by atoms with Crippen molar-refractivity contribution in [3.05, 3.63) is 35.4 Å². The maximum absolute atomic E-state index is 5.75. The number of hydrogen-bond acceptors (Lipinski definition) is 5. The molecule has 1 N–H and O–H groups in total. The molecule has 0 aliphatic heterocycles. The van der Waals surface area contributed by atoms with E-state index in [1.54, 1.807) is 6.92 Å². The van der Waals surface area contributed by atoms with Crippen LogP contribution in [0.4, 0.5) is 0 Å². The Morgan fingerprint density at radius 1 is 1.32 bits per heavy atom. The first-order chi connectivity index (χ1) is 9.13. The summed E-state index contributed by atoms with van der Waals surface area (Å²) in [5, 5.41) is 7.45. The monoisotopic (exact) mass is 263 g/mol. The molecular weight excluding hydrogens is 242 g/mol. The zero-order chi connectivity index (χ0) is 13.8. The second-order valence-corrected chi connectivity index (χ2v) is 4.68. The lowest BCUT2D eigenvalue weighted by Crippen LogP contribution is -2.24. The Bertz CT molecular complexity index is 518. The van der Waals surface area contributed by atoms with Crippen molar-refractivity contribution in [2.24, 2.45) is 0 Å². The van der Waals surface area contributed by atoms with E-state index in [0.717, 1.165) is 24.4 Å². The first-order valence-electron chi connectivity index (χ1n) is 6.78. The Kier molecular flexibility index (Phi) is 4.37. The maximum Gasteiger partial charge on any atom is 0.223 e. The molecule has 2 atom stereocenters. The highest BCUT2D eigenvalue weighted by Crippen LogP contribution is 2.22. The number of furan rings is 1. The first kappa shape index (κ1) is 13.8. The predicted molar refractivity (Wildman–Crippen MR) is 71.7 cm³/mol. The highest BCUT2D eigenvalue weighted by Gasteiger charge is 2.20. The topological polar surface area (TPSA) is 64.1 Å². The van der Waals surface area contributed by atoms with Crippen LogP contribution in [0.2, 0.25) is 0 Å². The highest BCUT2D eigenvalue weighted by molar-refractivity contribution is 5.11. The summed E-state index contributed by atoms with van der Waals surface area (Å²) < 4.78 is 10.8. The van der Waals surface area contributed by atoms with Gasteiger partial charge >= 0.3 is 0 Å².